The molecule has 0 aliphatic rings. The Morgan fingerprint density at radius 2 is 1.03 bits per heavy atom. The Morgan fingerprint density at radius 3 is 1.52 bits per heavy atom. The monoisotopic (exact) mass is 420 g/mol. The van der Waals surface area contributed by atoms with Gasteiger partial charge in [-0.15, -0.1) is 0 Å². The molecule has 8 heteroatoms. The van der Waals surface area contributed by atoms with Crippen molar-refractivity contribution in [3.8, 4) is 0 Å². The molecule has 1 unspecified atom stereocenters. The van der Waals surface area contributed by atoms with E-state index >= 15 is 0 Å². The van der Waals surface area contributed by atoms with Gasteiger partial charge in [0.15, 0.2) is 0 Å². The van der Waals surface area contributed by atoms with Crippen LogP contribution in [0.2, 0.25) is 0 Å². The van der Waals surface area contributed by atoms with E-state index in [0.717, 1.165) is 26.1 Å². The lowest BCUT2D eigenvalue weighted by atomic mass is 10.0. The number of carbonyl (C=O) groups is 2. The van der Waals surface area contributed by atoms with Gasteiger partial charge in [-0.1, -0.05) is 20.8 Å². The van der Waals surface area contributed by atoms with Crippen LogP contribution in [0, 0.1) is 5.92 Å². The van der Waals surface area contributed by atoms with Crippen molar-refractivity contribution in [3.05, 3.63) is 0 Å². The lowest BCUT2D eigenvalue weighted by molar-refractivity contribution is -0.148. The molecule has 0 spiro atoms. The van der Waals surface area contributed by atoms with E-state index in [1.807, 2.05) is 20.8 Å². The van der Waals surface area contributed by atoms with E-state index < -0.39 is 0 Å². The van der Waals surface area contributed by atoms with Gasteiger partial charge in [0.05, 0.1) is 39.6 Å². The minimum atomic E-state index is -0.283. The molecule has 29 heavy (non-hydrogen) atoms. The smallest absolute Gasteiger partial charge is 0.306 e. The minimum Gasteiger partial charge on any atom is -0.463 e. The fourth-order valence-electron chi connectivity index (χ4n) is 2.24. The predicted octanol–water partition coefficient (Wildman–Crippen LogP) is 2.77. The van der Waals surface area contributed by atoms with Crippen LogP contribution in [0.4, 0.5) is 0 Å². The number of hydrogen-bond donors (Lipinski definition) is 0. The summed E-state index contributed by atoms with van der Waals surface area (Å²) < 4.78 is 31.4. The summed E-state index contributed by atoms with van der Waals surface area (Å²) in [6.45, 7) is 10.7. The molecule has 0 fully saturated rings. The maximum Gasteiger partial charge on any atom is 0.306 e. The number of hydrogen-bond acceptors (Lipinski definition) is 8. The largest absolute Gasteiger partial charge is 0.463 e. The van der Waals surface area contributed by atoms with E-state index in [0.29, 0.717) is 46.1 Å². The molecular weight excluding hydrogens is 380 g/mol. The Morgan fingerprint density at radius 1 is 0.621 bits per heavy atom. The van der Waals surface area contributed by atoms with Crippen LogP contribution < -0.4 is 0 Å². The van der Waals surface area contributed by atoms with Crippen LogP contribution in [0.1, 0.15) is 52.9 Å². The van der Waals surface area contributed by atoms with Gasteiger partial charge in [0.2, 0.25) is 0 Å². The Hall–Kier alpha value is -1.22. The van der Waals surface area contributed by atoms with E-state index in [1.54, 1.807) is 0 Å². The molecule has 0 aromatic rings. The summed E-state index contributed by atoms with van der Waals surface area (Å²) in [5.41, 5.74) is 0. The first kappa shape index (κ1) is 27.8. The highest BCUT2D eigenvalue weighted by Gasteiger charge is 2.13. The summed E-state index contributed by atoms with van der Waals surface area (Å²) in [6.07, 6.45) is 3.09. The summed E-state index contributed by atoms with van der Waals surface area (Å²) in [5.74, 6) is -0.518. The van der Waals surface area contributed by atoms with Crippen LogP contribution in [0.15, 0.2) is 0 Å². The first-order valence-corrected chi connectivity index (χ1v) is 10.7. The van der Waals surface area contributed by atoms with Crippen LogP contribution in [0.3, 0.4) is 0 Å². The van der Waals surface area contributed by atoms with E-state index in [4.69, 9.17) is 28.4 Å². The van der Waals surface area contributed by atoms with E-state index in [9.17, 15) is 9.59 Å². The third-order valence-corrected chi connectivity index (χ3v) is 3.78. The molecule has 0 radical (unpaired) electrons. The highest BCUT2D eigenvalue weighted by Crippen LogP contribution is 2.11. The second-order valence-electron chi connectivity index (χ2n) is 6.74. The quantitative estimate of drug-likeness (QED) is 0.207. The Labute approximate surface area is 175 Å². The summed E-state index contributed by atoms with van der Waals surface area (Å²) in [5, 5.41) is 0. The normalized spacial score (nSPS) is 12.0. The van der Waals surface area contributed by atoms with Crippen LogP contribution in [0.25, 0.3) is 0 Å². The van der Waals surface area contributed by atoms with Crippen molar-refractivity contribution in [2.24, 2.45) is 5.92 Å². The molecule has 0 saturated heterocycles. The van der Waals surface area contributed by atoms with Crippen molar-refractivity contribution < 1.29 is 38.0 Å². The second kappa shape index (κ2) is 21.5. The van der Waals surface area contributed by atoms with E-state index in [-0.39, 0.29) is 43.9 Å². The van der Waals surface area contributed by atoms with Gasteiger partial charge in [0.25, 0.3) is 0 Å². The Balaban J connectivity index is 3.48. The molecule has 0 aliphatic heterocycles. The average molecular weight is 421 g/mol. The third kappa shape index (κ3) is 21.3. The van der Waals surface area contributed by atoms with Crippen molar-refractivity contribution in [2.45, 2.75) is 52.9 Å². The topological polar surface area (TPSA) is 89.5 Å². The number of carbonyl (C=O) groups excluding carboxylic acids is 2. The van der Waals surface area contributed by atoms with E-state index in [1.165, 1.54) is 0 Å². The average Bonchev–Trinajstić information content (AvgIpc) is 2.70. The molecular formula is C21H40O8. The van der Waals surface area contributed by atoms with Gasteiger partial charge in [0.1, 0.15) is 13.2 Å². The van der Waals surface area contributed by atoms with Gasteiger partial charge in [-0.05, 0) is 25.2 Å². The SMILES string of the molecule is CCCOCCOCCOC(=O)CCC(C)CC(=O)OCCOCCOCCC. The molecule has 172 valence electrons. The first-order chi connectivity index (χ1) is 14.1. The maximum absolute atomic E-state index is 11.8. The van der Waals surface area contributed by atoms with Gasteiger partial charge < -0.3 is 28.4 Å². The number of esters is 2. The van der Waals surface area contributed by atoms with Crippen LogP contribution in [-0.2, 0) is 38.0 Å². The van der Waals surface area contributed by atoms with Crippen LogP contribution >= 0.6 is 0 Å². The predicted molar refractivity (Wildman–Crippen MR) is 109 cm³/mol. The van der Waals surface area contributed by atoms with Crippen LogP contribution in [0.5, 0.6) is 0 Å². The molecule has 0 N–H and O–H groups in total. The zero-order valence-electron chi connectivity index (χ0n) is 18.4. The Kier molecular flexibility index (Phi) is 20.6. The lowest BCUT2D eigenvalue weighted by Gasteiger charge is -2.11. The van der Waals surface area contributed by atoms with E-state index in [2.05, 4.69) is 0 Å². The molecule has 0 amide bonds. The van der Waals surface area contributed by atoms with Crippen LogP contribution in [-0.4, -0.2) is 78.0 Å². The summed E-state index contributed by atoms with van der Waals surface area (Å²) in [6, 6.07) is 0. The standard InChI is InChI=1S/C21H40O8/c1-4-8-24-10-12-26-14-16-28-20(22)7-6-19(3)18-21(23)29-17-15-27-13-11-25-9-5-2/h19H,4-18H2,1-3H3. The Bertz CT molecular complexity index is 389. The van der Waals surface area contributed by atoms with Gasteiger partial charge in [-0.3, -0.25) is 9.59 Å². The van der Waals surface area contributed by atoms with Crippen molar-refractivity contribution in [1.29, 1.82) is 0 Å². The summed E-state index contributed by atoms with van der Waals surface area (Å²) in [4.78, 5) is 23.5. The molecule has 0 aromatic heterocycles. The molecule has 8 nitrogen and oxygen atoms in total. The van der Waals surface area contributed by atoms with Crippen molar-refractivity contribution in [1.82, 2.24) is 0 Å². The minimum absolute atomic E-state index is 0.0466. The highest BCUT2D eigenvalue weighted by atomic mass is 16.6. The lowest BCUT2D eigenvalue weighted by Crippen LogP contribution is -2.16. The zero-order chi connectivity index (χ0) is 21.6. The summed E-state index contributed by atoms with van der Waals surface area (Å²) >= 11 is 0. The molecule has 0 heterocycles. The number of ether oxygens (including phenoxy) is 6. The second-order valence-corrected chi connectivity index (χ2v) is 6.74. The van der Waals surface area contributed by atoms with Gasteiger partial charge >= 0.3 is 11.9 Å². The maximum atomic E-state index is 11.8. The molecule has 1 atom stereocenters. The van der Waals surface area contributed by atoms with Gasteiger partial charge in [0, 0.05) is 26.1 Å². The van der Waals surface area contributed by atoms with Gasteiger partial charge in [-0.25, -0.2) is 0 Å². The van der Waals surface area contributed by atoms with Gasteiger partial charge in [-0.2, -0.15) is 0 Å². The third-order valence-electron chi connectivity index (χ3n) is 3.78. The number of rotatable bonds is 21. The summed E-state index contributed by atoms with van der Waals surface area (Å²) in [7, 11) is 0. The molecule has 0 aromatic carbocycles. The van der Waals surface area contributed by atoms with Crippen molar-refractivity contribution in [2.75, 3.05) is 66.1 Å². The highest BCUT2D eigenvalue weighted by molar-refractivity contribution is 5.70. The fourth-order valence-corrected chi connectivity index (χ4v) is 2.24. The molecule has 0 aliphatic carbocycles. The zero-order valence-corrected chi connectivity index (χ0v) is 18.4. The molecule has 0 saturated carbocycles. The molecule has 0 rings (SSSR count). The first-order valence-electron chi connectivity index (χ1n) is 10.7. The van der Waals surface area contributed by atoms with Crippen molar-refractivity contribution >= 4 is 11.9 Å². The molecule has 0 bridgehead atoms. The fraction of sp³-hybridized carbons (Fsp3) is 0.905. The van der Waals surface area contributed by atoms with Crippen molar-refractivity contribution in [3.63, 3.8) is 0 Å².